The average Bonchev–Trinajstić information content (AvgIpc) is 3.82. The number of aliphatic hydroxyl groups is 1. The lowest BCUT2D eigenvalue weighted by Crippen LogP contribution is -2.40. The molecule has 2 fully saturated rings. The van der Waals surface area contributed by atoms with Crippen LogP contribution in [-0.2, 0) is 22.6 Å². The molecule has 3 aliphatic rings. The van der Waals surface area contributed by atoms with Crippen LogP contribution in [0.3, 0.4) is 0 Å². The highest BCUT2D eigenvalue weighted by molar-refractivity contribution is 6.39. The molecule has 2 saturated heterocycles. The highest BCUT2D eigenvalue weighted by Crippen LogP contribution is 2.41. The fourth-order valence-electron chi connectivity index (χ4n) is 8.04. The van der Waals surface area contributed by atoms with Crippen molar-refractivity contribution in [2.75, 3.05) is 43.9 Å². The smallest absolute Gasteiger partial charge is 0.308 e. The molecule has 6 heterocycles. The number of β-amino-alcohol motifs (C(OH)–C–C–N with tert-alkyl or cyclic N) is 1. The van der Waals surface area contributed by atoms with E-state index < -0.39 is 0 Å². The molecule has 5 aromatic rings. The second-order valence-electron chi connectivity index (χ2n) is 14.3. The van der Waals surface area contributed by atoms with Gasteiger partial charge in [0.15, 0.2) is 11.5 Å². The van der Waals surface area contributed by atoms with Crippen molar-refractivity contribution in [2.24, 2.45) is 5.92 Å². The normalized spacial score (nSPS) is 19.5. The van der Waals surface area contributed by atoms with E-state index in [1.54, 1.807) is 12.3 Å². The van der Waals surface area contributed by atoms with Crippen molar-refractivity contribution in [3.63, 3.8) is 0 Å². The number of nitrogens with zero attached hydrogens (tertiary/aromatic N) is 6. The molecule has 14 heteroatoms. The van der Waals surface area contributed by atoms with Gasteiger partial charge >= 0.3 is 5.97 Å². The molecule has 12 nitrogen and oxygen atoms in total. The van der Waals surface area contributed by atoms with Crippen LogP contribution in [0.25, 0.3) is 22.0 Å². The molecule has 3 aromatic heterocycles. The number of nitrogens with one attached hydrogen (secondary N) is 2. The van der Waals surface area contributed by atoms with Gasteiger partial charge in [-0.25, -0.2) is 4.98 Å². The standard InChI is InChI=1S/C40H42Cl2N8O4/c1-54-40(53)25-11-17-49(18-12-25)33-9-4-15-50-34(33)20-32(47-50)39(52)46-31-8-3-6-29(36(31)42)28-5-2-7-30(35(28)41)45-38-37-26(10-14-43-38)19-24(21-44-37)22-48-16-13-27(51)23-48/h2-3,5-8,10,14,19-21,25,27,33,51H,4,9,11-13,15-18,22-23H2,1H3,(H,43,45)(H,46,52)/t27-,33?/m1/s1. The first kappa shape index (κ1) is 36.4. The number of amides is 1. The number of piperidine rings is 1. The Morgan fingerprint density at radius 2 is 1.69 bits per heavy atom. The molecular weight excluding hydrogens is 727 g/mol. The number of hydrogen-bond acceptors (Lipinski definition) is 10. The summed E-state index contributed by atoms with van der Waals surface area (Å²) in [4.78, 5) is 39.7. The Morgan fingerprint density at radius 3 is 2.43 bits per heavy atom. The third-order valence-electron chi connectivity index (χ3n) is 10.8. The lowest BCUT2D eigenvalue weighted by atomic mass is 9.93. The van der Waals surface area contributed by atoms with Crippen LogP contribution in [0, 0.1) is 5.92 Å². The predicted octanol–water partition coefficient (Wildman–Crippen LogP) is 7.08. The molecule has 280 valence electrons. The van der Waals surface area contributed by atoms with Crippen molar-refractivity contribution in [1.29, 1.82) is 0 Å². The van der Waals surface area contributed by atoms with E-state index in [1.165, 1.54) is 7.11 Å². The van der Waals surface area contributed by atoms with Crippen LogP contribution in [0.1, 0.15) is 59.9 Å². The molecule has 8 rings (SSSR count). The maximum Gasteiger partial charge on any atom is 0.308 e. The first-order valence-corrected chi connectivity index (χ1v) is 19.2. The molecule has 0 saturated carbocycles. The number of methoxy groups -OCH3 is 1. The van der Waals surface area contributed by atoms with Crippen LogP contribution in [0.15, 0.2) is 67.0 Å². The number of carbonyl (C=O) groups is 2. The van der Waals surface area contributed by atoms with Crippen molar-refractivity contribution >= 4 is 63.2 Å². The van der Waals surface area contributed by atoms with E-state index in [4.69, 9.17) is 32.9 Å². The monoisotopic (exact) mass is 768 g/mol. The van der Waals surface area contributed by atoms with Crippen LogP contribution in [0.2, 0.25) is 10.0 Å². The maximum atomic E-state index is 13.6. The lowest BCUT2D eigenvalue weighted by Gasteiger charge is -2.38. The van der Waals surface area contributed by atoms with Crippen molar-refractivity contribution in [1.82, 2.24) is 29.5 Å². The van der Waals surface area contributed by atoms with Crippen LogP contribution < -0.4 is 10.6 Å². The summed E-state index contributed by atoms with van der Waals surface area (Å²) < 4.78 is 6.90. The van der Waals surface area contributed by atoms with E-state index in [1.807, 2.05) is 53.3 Å². The Labute approximate surface area is 323 Å². The summed E-state index contributed by atoms with van der Waals surface area (Å²) in [5.74, 6) is 0.0112. The number of hydrogen-bond donors (Lipinski definition) is 3. The van der Waals surface area contributed by atoms with Crippen LogP contribution in [0.5, 0.6) is 0 Å². The van der Waals surface area contributed by atoms with Gasteiger partial charge in [-0.15, -0.1) is 0 Å². The van der Waals surface area contributed by atoms with Gasteiger partial charge in [-0.05, 0) is 81.1 Å². The van der Waals surface area contributed by atoms with Gasteiger partial charge in [-0.1, -0.05) is 47.5 Å². The molecular formula is C40H42Cl2N8O4. The average molecular weight is 770 g/mol. The van der Waals surface area contributed by atoms with E-state index in [2.05, 4.69) is 36.6 Å². The van der Waals surface area contributed by atoms with E-state index in [0.717, 1.165) is 81.5 Å². The maximum absolute atomic E-state index is 13.6. The number of benzene rings is 2. The minimum atomic E-state index is -0.351. The topological polar surface area (TPSA) is 138 Å². The molecule has 2 aromatic carbocycles. The fourth-order valence-corrected chi connectivity index (χ4v) is 8.59. The molecule has 0 aliphatic carbocycles. The zero-order valence-corrected chi connectivity index (χ0v) is 31.5. The summed E-state index contributed by atoms with van der Waals surface area (Å²) in [6.45, 7) is 4.59. The van der Waals surface area contributed by atoms with Crippen LogP contribution >= 0.6 is 23.2 Å². The Kier molecular flexibility index (Phi) is 10.5. The quantitative estimate of drug-likeness (QED) is 0.133. The van der Waals surface area contributed by atoms with E-state index in [9.17, 15) is 14.7 Å². The Balaban J connectivity index is 0.982. The molecule has 1 unspecified atom stereocenters. The number of rotatable bonds is 9. The zero-order chi connectivity index (χ0) is 37.3. The largest absolute Gasteiger partial charge is 0.469 e. The van der Waals surface area contributed by atoms with Gasteiger partial charge in [-0.2, -0.15) is 5.10 Å². The van der Waals surface area contributed by atoms with E-state index in [-0.39, 0.29) is 29.9 Å². The second-order valence-corrected chi connectivity index (χ2v) is 15.1. The van der Waals surface area contributed by atoms with Crippen molar-refractivity contribution in [3.05, 3.63) is 94.0 Å². The SMILES string of the molecule is COC(=O)C1CCN(C2CCCn3nc(C(=O)Nc4cccc(-c5cccc(Nc6nccc7cc(CN8CC[C@@H](O)C8)cnc67)c5Cl)c4Cl)cc32)CC1. The zero-order valence-electron chi connectivity index (χ0n) is 30.0. The molecule has 54 heavy (non-hydrogen) atoms. The molecule has 2 atom stereocenters. The molecule has 0 bridgehead atoms. The number of ether oxygens (including phenoxy) is 1. The van der Waals surface area contributed by atoms with Gasteiger partial charge < -0.3 is 20.5 Å². The van der Waals surface area contributed by atoms with Gasteiger partial charge in [0.05, 0.1) is 52.3 Å². The Bertz CT molecular complexity index is 2200. The summed E-state index contributed by atoms with van der Waals surface area (Å²) >= 11 is 14.0. The van der Waals surface area contributed by atoms with Gasteiger partial charge in [-0.3, -0.25) is 29.1 Å². The highest BCUT2D eigenvalue weighted by atomic mass is 35.5. The van der Waals surface area contributed by atoms with Crippen molar-refractivity contribution in [3.8, 4) is 11.1 Å². The third-order valence-corrected chi connectivity index (χ3v) is 11.7. The fraction of sp³-hybridized carbons (Fsp3) is 0.375. The molecule has 0 spiro atoms. The number of fused-ring (bicyclic) bond motifs is 2. The van der Waals surface area contributed by atoms with E-state index >= 15 is 0 Å². The summed E-state index contributed by atoms with van der Waals surface area (Å²) in [6, 6.07) is 17.1. The van der Waals surface area contributed by atoms with E-state index in [0.29, 0.717) is 56.1 Å². The van der Waals surface area contributed by atoms with Crippen LogP contribution in [0.4, 0.5) is 17.2 Å². The molecule has 1 amide bonds. The number of carbonyl (C=O) groups excluding carboxylic acids is 2. The number of pyridine rings is 2. The summed E-state index contributed by atoms with van der Waals surface area (Å²) in [7, 11) is 1.44. The number of anilines is 3. The van der Waals surface area contributed by atoms with Crippen LogP contribution in [-0.4, -0.2) is 85.9 Å². The summed E-state index contributed by atoms with van der Waals surface area (Å²) in [5.41, 5.74) is 5.53. The van der Waals surface area contributed by atoms with Crippen molar-refractivity contribution in [2.45, 2.75) is 57.3 Å². The molecule has 3 N–H and O–H groups in total. The number of aromatic nitrogens is 4. The lowest BCUT2D eigenvalue weighted by molar-refractivity contribution is -0.147. The van der Waals surface area contributed by atoms with Gasteiger partial charge in [0.2, 0.25) is 0 Å². The predicted molar refractivity (Wildman–Crippen MR) is 209 cm³/mol. The minimum Gasteiger partial charge on any atom is -0.469 e. The minimum absolute atomic E-state index is 0.0647. The number of esters is 1. The summed E-state index contributed by atoms with van der Waals surface area (Å²) in [5, 5.41) is 22.7. The van der Waals surface area contributed by atoms with Gasteiger partial charge in [0, 0.05) is 55.1 Å². The number of halogens is 2. The number of aryl methyl sites for hydroxylation is 1. The second kappa shape index (κ2) is 15.6. The number of aliphatic hydroxyl groups excluding tert-OH is 1. The van der Waals surface area contributed by atoms with Crippen molar-refractivity contribution < 1.29 is 19.4 Å². The third kappa shape index (κ3) is 7.41. The van der Waals surface area contributed by atoms with Gasteiger partial charge in [0.1, 0.15) is 5.52 Å². The number of likely N-dealkylation sites (tertiary alicyclic amines) is 2. The van der Waals surface area contributed by atoms with Gasteiger partial charge in [0.25, 0.3) is 5.91 Å². The first-order valence-electron chi connectivity index (χ1n) is 18.4. The molecule has 0 radical (unpaired) electrons. The molecule has 3 aliphatic heterocycles. The summed E-state index contributed by atoms with van der Waals surface area (Å²) in [6.07, 6.45) is 7.55. The highest BCUT2D eigenvalue weighted by Gasteiger charge is 2.34. The first-order chi connectivity index (χ1) is 26.2. The Morgan fingerprint density at radius 1 is 0.926 bits per heavy atom. The Hall–Kier alpha value is -4.59.